The van der Waals surface area contributed by atoms with E-state index in [2.05, 4.69) is 26.1 Å². The maximum absolute atomic E-state index is 12.4. The van der Waals surface area contributed by atoms with Crippen LogP contribution in [0.5, 0.6) is 0 Å². The number of carbonyl (C=O) groups is 2. The minimum atomic E-state index is -0.139. The monoisotopic (exact) mass is 425 g/mol. The Kier molecular flexibility index (Phi) is 10.6. The van der Waals surface area contributed by atoms with Crippen LogP contribution in [0.2, 0.25) is 0 Å². The largest absolute Gasteiger partial charge is 0.378 e. The van der Waals surface area contributed by atoms with E-state index < -0.39 is 0 Å². The lowest BCUT2D eigenvalue weighted by atomic mass is 9.87. The van der Waals surface area contributed by atoms with Crippen molar-refractivity contribution >= 4 is 24.2 Å². The zero-order valence-corrected chi connectivity index (χ0v) is 18.7. The predicted octanol–water partition coefficient (Wildman–Crippen LogP) is 2.88. The van der Waals surface area contributed by atoms with Crippen LogP contribution in [0, 0.1) is 0 Å². The topological polar surface area (TPSA) is 84.7 Å². The van der Waals surface area contributed by atoms with Gasteiger partial charge in [0.05, 0.1) is 6.10 Å². The molecule has 0 bridgehead atoms. The van der Waals surface area contributed by atoms with E-state index in [0.29, 0.717) is 44.8 Å². The summed E-state index contributed by atoms with van der Waals surface area (Å²) in [4.78, 5) is 26.5. The van der Waals surface area contributed by atoms with Gasteiger partial charge in [0.1, 0.15) is 0 Å². The van der Waals surface area contributed by atoms with Crippen LogP contribution in [0.4, 0.5) is 0 Å². The van der Waals surface area contributed by atoms with E-state index in [0.717, 1.165) is 19.3 Å². The highest BCUT2D eigenvalue weighted by Crippen LogP contribution is 2.22. The fraction of sp³-hybridized carbons (Fsp3) is 0.636. The third-order valence-corrected chi connectivity index (χ3v) is 5.13. The molecule has 7 heteroatoms. The van der Waals surface area contributed by atoms with Crippen molar-refractivity contribution in [3.8, 4) is 0 Å². The normalized spacial score (nSPS) is 15.0. The molecule has 0 saturated carbocycles. The highest BCUT2D eigenvalue weighted by atomic mass is 35.5. The summed E-state index contributed by atoms with van der Waals surface area (Å²) in [5.74, 6) is -0.0518. The SMILES string of the molecule is CC(C)(C)c1ccc(C(=O)NCCC(=O)N2CCC(OCCCN)CC2)cc1.Cl. The first-order valence-corrected chi connectivity index (χ1v) is 10.3. The molecule has 1 aromatic carbocycles. The number of hydrogen-bond acceptors (Lipinski definition) is 4. The Balaban J connectivity index is 0.00000420. The summed E-state index contributed by atoms with van der Waals surface area (Å²) in [5, 5.41) is 2.85. The molecule has 0 aliphatic carbocycles. The summed E-state index contributed by atoms with van der Waals surface area (Å²) in [6, 6.07) is 7.65. The third kappa shape index (κ3) is 8.33. The lowest BCUT2D eigenvalue weighted by Gasteiger charge is -2.32. The van der Waals surface area contributed by atoms with Crippen molar-refractivity contribution in [3.63, 3.8) is 0 Å². The summed E-state index contributed by atoms with van der Waals surface area (Å²) < 4.78 is 5.77. The summed E-state index contributed by atoms with van der Waals surface area (Å²) in [6.45, 7) is 9.55. The number of rotatable bonds is 8. The lowest BCUT2D eigenvalue weighted by Crippen LogP contribution is -2.42. The van der Waals surface area contributed by atoms with Gasteiger partial charge in [-0.1, -0.05) is 32.9 Å². The van der Waals surface area contributed by atoms with Gasteiger partial charge in [0.2, 0.25) is 5.91 Å². The number of piperidine rings is 1. The van der Waals surface area contributed by atoms with Crippen LogP contribution in [-0.4, -0.2) is 55.6 Å². The molecule has 0 atom stereocenters. The van der Waals surface area contributed by atoms with Gasteiger partial charge in [-0.25, -0.2) is 0 Å². The molecule has 1 fully saturated rings. The highest BCUT2D eigenvalue weighted by Gasteiger charge is 2.23. The maximum Gasteiger partial charge on any atom is 0.251 e. The van der Waals surface area contributed by atoms with E-state index >= 15 is 0 Å². The fourth-order valence-corrected chi connectivity index (χ4v) is 3.27. The molecule has 1 aliphatic heterocycles. The first kappa shape index (κ1) is 25.4. The molecule has 2 rings (SSSR count). The second kappa shape index (κ2) is 12.2. The van der Waals surface area contributed by atoms with Crippen LogP contribution < -0.4 is 11.1 Å². The van der Waals surface area contributed by atoms with E-state index in [1.807, 2.05) is 29.2 Å². The van der Waals surface area contributed by atoms with Crippen molar-refractivity contribution in [1.29, 1.82) is 0 Å². The first-order valence-electron chi connectivity index (χ1n) is 10.3. The van der Waals surface area contributed by atoms with Crippen molar-refractivity contribution in [2.45, 2.75) is 58.0 Å². The molecule has 29 heavy (non-hydrogen) atoms. The number of halogens is 1. The van der Waals surface area contributed by atoms with Crippen LogP contribution in [-0.2, 0) is 14.9 Å². The molecule has 6 nitrogen and oxygen atoms in total. The Morgan fingerprint density at radius 3 is 2.34 bits per heavy atom. The first-order chi connectivity index (χ1) is 13.3. The minimum absolute atomic E-state index is 0. The zero-order valence-electron chi connectivity index (χ0n) is 17.9. The van der Waals surface area contributed by atoms with Gasteiger partial charge >= 0.3 is 0 Å². The van der Waals surface area contributed by atoms with E-state index in [9.17, 15) is 9.59 Å². The fourth-order valence-electron chi connectivity index (χ4n) is 3.27. The van der Waals surface area contributed by atoms with Gasteiger partial charge < -0.3 is 20.7 Å². The summed E-state index contributed by atoms with van der Waals surface area (Å²) in [7, 11) is 0. The standard InChI is InChI=1S/C22H35N3O3.ClH/c1-22(2,3)18-7-5-17(6-8-18)21(27)24-13-9-20(26)25-14-10-19(11-15-25)28-16-4-12-23;/h5-8,19H,4,9-16,23H2,1-3H3,(H,24,27);1H. The third-order valence-electron chi connectivity index (χ3n) is 5.13. The number of nitrogens with one attached hydrogen (secondary N) is 1. The van der Waals surface area contributed by atoms with Crippen molar-refractivity contribution in [3.05, 3.63) is 35.4 Å². The number of hydrogen-bond donors (Lipinski definition) is 2. The molecule has 0 unspecified atom stereocenters. The second-order valence-electron chi connectivity index (χ2n) is 8.43. The number of ether oxygens (including phenoxy) is 1. The van der Waals surface area contributed by atoms with Crippen LogP contribution in [0.15, 0.2) is 24.3 Å². The van der Waals surface area contributed by atoms with Gasteiger partial charge in [0.25, 0.3) is 5.91 Å². The van der Waals surface area contributed by atoms with Gasteiger partial charge in [-0.2, -0.15) is 0 Å². The van der Waals surface area contributed by atoms with Crippen molar-refractivity contribution < 1.29 is 14.3 Å². The number of carbonyl (C=O) groups excluding carboxylic acids is 2. The molecule has 0 radical (unpaired) electrons. The molecule has 1 aliphatic rings. The van der Waals surface area contributed by atoms with Crippen molar-refractivity contribution in [1.82, 2.24) is 10.2 Å². The predicted molar refractivity (Wildman–Crippen MR) is 119 cm³/mol. The van der Waals surface area contributed by atoms with E-state index in [1.165, 1.54) is 5.56 Å². The molecular formula is C22H36ClN3O3. The summed E-state index contributed by atoms with van der Waals surface area (Å²) in [6.07, 6.45) is 3.15. The highest BCUT2D eigenvalue weighted by molar-refractivity contribution is 5.94. The van der Waals surface area contributed by atoms with Gasteiger partial charge in [-0.15, -0.1) is 12.4 Å². The number of amides is 2. The summed E-state index contributed by atoms with van der Waals surface area (Å²) >= 11 is 0. The smallest absolute Gasteiger partial charge is 0.251 e. The average molecular weight is 426 g/mol. The molecular weight excluding hydrogens is 390 g/mol. The Bertz CT molecular complexity index is 636. The van der Waals surface area contributed by atoms with Crippen molar-refractivity contribution in [2.24, 2.45) is 5.73 Å². The molecule has 1 saturated heterocycles. The number of nitrogens with two attached hydrogens (primary N) is 1. The molecule has 164 valence electrons. The van der Waals surface area contributed by atoms with Gasteiger partial charge in [-0.05, 0) is 48.9 Å². The number of nitrogens with zero attached hydrogens (tertiary/aromatic N) is 1. The molecule has 0 aromatic heterocycles. The lowest BCUT2D eigenvalue weighted by molar-refractivity contribution is -0.133. The quantitative estimate of drug-likeness (QED) is 0.627. The Morgan fingerprint density at radius 1 is 1.17 bits per heavy atom. The number of likely N-dealkylation sites (tertiary alicyclic amines) is 1. The molecule has 1 aromatic rings. The van der Waals surface area contributed by atoms with Gasteiger partial charge in [-0.3, -0.25) is 9.59 Å². The Labute approximate surface area is 181 Å². The molecule has 3 N–H and O–H groups in total. The average Bonchev–Trinajstić information content (AvgIpc) is 2.68. The summed E-state index contributed by atoms with van der Waals surface area (Å²) in [5.41, 5.74) is 7.34. The van der Waals surface area contributed by atoms with Crippen LogP contribution >= 0.6 is 12.4 Å². The van der Waals surface area contributed by atoms with Crippen LogP contribution in [0.3, 0.4) is 0 Å². The van der Waals surface area contributed by atoms with E-state index in [1.54, 1.807) is 0 Å². The minimum Gasteiger partial charge on any atom is -0.378 e. The maximum atomic E-state index is 12.4. The van der Waals surface area contributed by atoms with Crippen LogP contribution in [0.25, 0.3) is 0 Å². The second-order valence-corrected chi connectivity index (χ2v) is 8.43. The Morgan fingerprint density at radius 2 is 1.79 bits per heavy atom. The number of benzene rings is 1. The zero-order chi connectivity index (χ0) is 20.6. The Hall–Kier alpha value is -1.63. The van der Waals surface area contributed by atoms with Gasteiger partial charge in [0.15, 0.2) is 0 Å². The molecule has 2 amide bonds. The van der Waals surface area contributed by atoms with E-state index in [4.69, 9.17) is 10.5 Å². The van der Waals surface area contributed by atoms with Crippen LogP contribution in [0.1, 0.15) is 62.4 Å². The molecule has 0 spiro atoms. The molecule has 1 heterocycles. The van der Waals surface area contributed by atoms with Gasteiger partial charge in [0, 0.05) is 38.2 Å². The van der Waals surface area contributed by atoms with Crippen molar-refractivity contribution in [2.75, 3.05) is 32.8 Å². The van der Waals surface area contributed by atoms with E-state index in [-0.39, 0.29) is 35.7 Å².